The molecule has 0 unspecified atom stereocenters. The maximum Gasteiger partial charge on any atom is 0.341 e. The number of carbonyl (C=O) groups excluding carboxylic acids is 1. The van der Waals surface area contributed by atoms with Gasteiger partial charge in [-0.2, -0.15) is 8.78 Å². The molecule has 0 bridgehead atoms. The van der Waals surface area contributed by atoms with Gasteiger partial charge in [-0.05, 0) is 48.5 Å². The van der Waals surface area contributed by atoms with Crippen LogP contribution in [0.2, 0.25) is 0 Å². The molecule has 8 heteroatoms. The second-order valence-electron chi connectivity index (χ2n) is 5.68. The topological polar surface area (TPSA) is 75.3 Å². The van der Waals surface area contributed by atoms with Gasteiger partial charge in [0.05, 0.1) is 4.90 Å². The van der Waals surface area contributed by atoms with Crippen molar-refractivity contribution in [1.82, 2.24) is 0 Å². The minimum absolute atomic E-state index is 0.0865. The van der Waals surface area contributed by atoms with Crippen LogP contribution < -0.4 is 10.6 Å². The van der Waals surface area contributed by atoms with Gasteiger partial charge in [-0.25, -0.2) is 8.42 Å². The quantitative estimate of drug-likeness (QED) is 0.807. The van der Waals surface area contributed by atoms with Gasteiger partial charge in [0, 0.05) is 23.0 Å². The zero-order chi connectivity index (χ0) is 18.6. The van der Waals surface area contributed by atoms with Crippen molar-refractivity contribution in [3.05, 3.63) is 48.5 Å². The van der Waals surface area contributed by atoms with Crippen molar-refractivity contribution in [2.75, 3.05) is 10.6 Å². The van der Waals surface area contributed by atoms with Crippen molar-refractivity contribution in [2.24, 2.45) is 5.92 Å². The number of benzene rings is 2. The summed E-state index contributed by atoms with van der Waals surface area (Å²) >= 11 is 0. The van der Waals surface area contributed by atoms with Crippen molar-refractivity contribution in [1.29, 1.82) is 0 Å². The lowest BCUT2D eigenvalue weighted by Crippen LogP contribution is -2.17. The standard InChI is InChI=1S/C17H18F2N2O3S/c1-11(2)16(22)21-14-5-3-12(4-6-14)20-13-7-9-15(10-8-13)25(23,24)17(18)19/h3-11,17,20H,1-2H3,(H,21,22). The van der Waals surface area contributed by atoms with Crippen molar-refractivity contribution in [2.45, 2.75) is 24.5 Å². The van der Waals surface area contributed by atoms with Gasteiger partial charge in [0.2, 0.25) is 15.7 Å². The summed E-state index contributed by atoms with van der Waals surface area (Å²) in [4.78, 5) is 11.2. The lowest BCUT2D eigenvalue weighted by atomic mass is 10.2. The van der Waals surface area contributed by atoms with E-state index < -0.39 is 20.5 Å². The normalized spacial score (nSPS) is 11.6. The summed E-state index contributed by atoms with van der Waals surface area (Å²) in [5.74, 6) is -3.66. The van der Waals surface area contributed by atoms with Crippen LogP contribution in [-0.4, -0.2) is 20.1 Å². The Bertz CT molecular complexity index is 833. The molecule has 0 spiro atoms. The first-order valence-corrected chi connectivity index (χ1v) is 9.05. The fourth-order valence-corrected chi connectivity index (χ4v) is 2.64. The molecule has 134 valence electrons. The Kier molecular flexibility index (Phi) is 5.73. The molecule has 25 heavy (non-hydrogen) atoms. The predicted molar refractivity (Wildman–Crippen MR) is 92.8 cm³/mol. The Morgan fingerprint density at radius 1 is 0.880 bits per heavy atom. The van der Waals surface area contributed by atoms with Crippen LogP contribution in [0.3, 0.4) is 0 Å². The minimum Gasteiger partial charge on any atom is -0.356 e. The maximum atomic E-state index is 12.5. The number of hydrogen-bond donors (Lipinski definition) is 2. The molecule has 0 atom stereocenters. The highest BCUT2D eigenvalue weighted by molar-refractivity contribution is 7.91. The molecule has 0 heterocycles. The average molecular weight is 368 g/mol. The second-order valence-corrected chi connectivity index (χ2v) is 7.59. The number of alkyl halides is 2. The molecule has 0 aliphatic rings. The Morgan fingerprint density at radius 3 is 1.76 bits per heavy atom. The number of halogens is 2. The summed E-state index contributed by atoms with van der Waals surface area (Å²) < 4.78 is 47.7. The van der Waals surface area contributed by atoms with Crippen molar-refractivity contribution < 1.29 is 22.0 Å². The SMILES string of the molecule is CC(C)C(=O)Nc1ccc(Nc2ccc(S(=O)(=O)C(F)F)cc2)cc1. The van der Waals surface area contributed by atoms with E-state index in [9.17, 15) is 22.0 Å². The maximum absolute atomic E-state index is 12.5. The Morgan fingerprint density at radius 2 is 1.32 bits per heavy atom. The van der Waals surface area contributed by atoms with Gasteiger partial charge in [0.25, 0.3) is 0 Å². The molecule has 0 aliphatic heterocycles. The molecule has 0 saturated heterocycles. The van der Waals surface area contributed by atoms with Gasteiger partial charge >= 0.3 is 5.76 Å². The number of hydrogen-bond acceptors (Lipinski definition) is 4. The highest BCUT2D eigenvalue weighted by Gasteiger charge is 2.26. The smallest absolute Gasteiger partial charge is 0.341 e. The third-order valence-electron chi connectivity index (χ3n) is 3.38. The van der Waals surface area contributed by atoms with Crippen molar-refractivity contribution in [3.63, 3.8) is 0 Å². The number of sulfone groups is 1. The Hall–Kier alpha value is -2.48. The van der Waals surface area contributed by atoms with Crippen LogP contribution >= 0.6 is 0 Å². The number of carbonyl (C=O) groups is 1. The van der Waals surface area contributed by atoms with Gasteiger partial charge in [0.1, 0.15) is 0 Å². The fourth-order valence-electron chi connectivity index (χ4n) is 1.92. The van der Waals surface area contributed by atoms with E-state index in [1.54, 1.807) is 38.1 Å². The molecular weight excluding hydrogens is 350 g/mol. The van der Waals surface area contributed by atoms with Crippen molar-refractivity contribution >= 4 is 32.8 Å². The van der Waals surface area contributed by atoms with E-state index in [0.29, 0.717) is 17.1 Å². The molecule has 2 aromatic carbocycles. The van der Waals surface area contributed by atoms with Gasteiger partial charge in [-0.3, -0.25) is 4.79 Å². The summed E-state index contributed by atoms with van der Waals surface area (Å²) in [6.07, 6.45) is 0. The fraction of sp³-hybridized carbons (Fsp3) is 0.235. The van der Waals surface area contributed by atoms with Crippen LogP contribution in [0, 0.1) is 5.92 Å². The molecule has 0 fully saturated rings. The molecule has 5 nitrogen and oxygen atoms in total. The molecule has 2 N–H and O–H groups in total. The summed E-state index contributed by atoms with van der Waals surface area (Å²) in [6.45, 7) is 3.59. The molecule has 0 aliphatic carbocycles. The van der Waals surface area contributed by atoms with E-state index >= 15 is 0 Å². The summed E-state index contributed by atoms with van der Waals surface area (Å²) in [5, 5.41) is 5.78. The van der Waals surface area contributed by atoms with E-state index in [4.69, 9.17) is 0 Å². The third-order valence-corrected chi connectivity index (χ3v) is 4.78. The molecule has 0 saturated carbocycles. The van der Waals surface area contributed by atoms with Crippen LogP contribution in [0.25, 0.3) is 0 Å². The monoisotopic (exact) mass is 368 g/mol. The highest BCUT2D eigenvalue weighted by atomic mass is 32.2. The molecule has 2 rings (SSSR count). The number of amides is 1. The highest BCUT2D eigenvalue weighted by Crippen LogP contribution is 2.23. The Balaban J connectivity index is 2.06. The first-order valence-electron chi connectivity index (χ1n) is 7.50. The van der Waals surface area contributed by atoms with Crippen molar-refractivity contribution in [3.8, 4) is 0 Å². The lowest BCUT2D eigenvalue weighted by molar-refractivity contribution is -0.118. The summed E-state index contributed by atoms with van der Waals surface area (Å²) in [6, 6.07) is 12.0. The number of nitrogens with one attached hydrogen (secondary N) is 2. The summed E-state index contributed by atoms with van der Waals surface area (Å²) in [7, 11) is -4.59. The second kappa shape index (κ2) is 7.60. The molecular formula is C17H18F2N2O3S. The number of anilines is 3. The third kappa shape index (κ3) is 4.76. The van der Waals surface area contributed by atoms with E-state index in [-0.39, 0.29) is 11.8 Å². The largest absolute Gasteiger partial charge is 0.356 e. The molecule has 0 aromatic heterocycles. The van der Waals surface area contributed by atoms with Crippen LogP contribution in [0.15, 0.2) is 53.4 Å². The van der Waals surface area contributed by atoms with Gasteiger partial charge in [-0.15, -0.1) is 0 Å². The zero-order valence-electron chi connectivity index (χ0n) is 13.7. The first-order chi connectivity index (χ1) is 11.7. The molecule has 0 radical (unpaired) electrons. The van der Waals surface area contributed by atoms with Gasteiger partial charge < -0.3 is 10.6 Å². The Labute approximate surface area is 145 Å². The van der Waals surface area contributed by atoms with Crippen LogP contribution in [-0.2, 0) is 14.6 Å². The molecule has 2 aromatic rings. The van der Waals surface area contributed by atoms with E-state index in [1.807, 2.05) is 0 Å². The van der Waals surface area contributed by atoms with Crippen LogP contribution in [0.5, 0.6) is 0 Å². The van der Waals surface area contributed by atoms with E-state index in [2.05, 4.69) is 10.6 Å². The van der Waals surface area contributed by atoms with Crippen LogP contribution in [0.4, 0.5) is 25.8 Å². The zero-order valence-corrected chi connectivity index (χ0v) is 14.5. The van der Waals surface area contributed by atoms with Gasteiger partial charge in [0.15, 0.2) is 0 Å². The molecule has 1 amide bonds. The average Bonchev–Trinajstić information content (AvgIpc) is 2.57. The van der Waals surface area contributed by atoms with E-state index in [1.165, 1.54) is 12.1 Å². The van der Waals surface area contributed by atoms with Crippen LogP contribution in [0.1, 0.15) is 13.8 Å². The van der Waals surface area contributed by atoms with Gasteiger partial charge in [-0.1, -0.05) is 13.8 Å². The first kappa shape index (κ1) is 18.9. The number of rotatable bonds is 6. The minimum atomic E-state index is -4.59. The van der Waals surface area contributed by atoms with E-state index in [0.717, 1.165) is 12.1 Å². The predicted octanol–water partition coefficient (Wildman–Crippen LogP) is 4.02. The lowest BCUT2D eigenvalue weighted by Gasteiger charge is -2.10. The summed E-state index contributed by atoms with van der Waals surface area (Å²) in [5.41, 5.74) is 1.90.